The quantitative estimate of drug-likeness (QED) is 0.107. The Balaban J connectivity index is 1.73. The van der Waals surface area contributed by atoms with Crippen molar-refractivity contribution in [2.75, 3.05) is 0 Å². The summed E-state index contributed by atoms with van der Waals surface area (Å²) in [6.07, 6.45) is 0. The van der Waals surface area contributed by atoms with E-state index in [0.29, 0.717) is 5.75 Å². The van der Waals surface area contributed by atoms with E-state index in [4.69, 9.17) is 9.84 Å². The van der Waals surface area contributed by atoms with Gasteiger partial charge in [0.15, 0.2) is 0 Å². The summed E-state index contributed by atoms with van der Waals surface area (Å²) in [6.45, 7) is 1.91. The molecule has 0 amide bonds. The van der Waals surface area contributed by atoms with Crippen molar-refractivity contribution in [2.24, 2.45) is 0 Å². The summed E-state index contributed by atoms with van der Waals surface area (Å²) >= 11 is 1.13. The van der Waals surface area contributed by atoms with Crippen molar-refractivity contribution < 1.29 is 14.6 Å². The van der Waals surface area contributed by atoms with Gasteiger partial charge in [-0.3, -0.25) is 0 Å². The predicted molar refractivity (Wildman–Crippen MR) is 81.8 cm³/mol. The molecule has 0 aromatic heterocycles. The molecule has 17 heavy (non-hydrogen) atoms. The number of phenols is 1. The van der Waals surface area contributed by atoms with Crippen LogP contribution in [0.1, 0.15) is 6.92 Å². The Kier molecular flexibility index (Phi) is 2.64. The van der Waals surface area contributed by atoms with Crippen molar-refractivity contribution in [1.29, 1.82) is 0 Å². The first-order chi connectivity index (χ1) is 7.96. The summed E-state index contributed by atoms with van der Waals surface area (Å²) in [5.74, 6) is 0.395. The molecule has 0 aliphatic carbocycles. The number of carbonyl (C=O) groups is 1. The standard InChI is InChI=1S/C10H9BI2NO3/c1-9(12,10-11-13(10)14-10)8(16)17-7-4-2-6(15)3-5-7/h2-5,14-15H,1H3. The van der Waals surface area contributed by atoms with Crippen LogP contribution in [0.4, 0.5) is 0 Å². The average Bonchev–Trinajstić information content (AvgIpc) is 3.08. The summed E-state index contributed by atoms with van der Waals surface area (Å²) < 4.78 is 8.20. The number of hydrogen-bond acceptors (Lipinski definition) is 4. The number of halogens is 2. The van der Waals surface area contributed by atoms with E-state index >= 15 is 0 Å². The molecule has 2 aliphatic heterocycles. The first-order valence-electron chi connectivity index (χ1n) is 4.98. The van der Waals surface area contributed by atoms with Gasteiger partial charge in [-0.25, -0.2) is 0 Å². The van der Waals surface area contributed by atoms with Crippen molar-refractivity contribution >= 4 is 53.6 Å². The van der Waals surface area contributed by atoms with Crippen LogP contribution in [-0.4, -0.2) is 23.1 Å². The van der Waals surface area contributed by atoms with E-state index in [2.05, 4.69) is 31.3 Å². The monoisotopic (exact) mass is 456 g/mol. The normalized spacial score (nSPS) is 29.6. The van der Waals surface area contributed by atoms with Crippen LogP contribution in [0.15, 0.2) is 24.3 Å². The van der Waals surface area contributed by atoms with Crippen LogP contribution in [0, 0.1) is 0 Å². The van der Waals surface area contributed by atoms with Gasteiger partial charge in [0, 0.05) is 0 Å². The number of nitrogens with one attached hydrogen (secondary N) is 1. The fraction of sp³-hybridized carbons (Fsp3) is 0.300. The third-order valence-electron chi connectivity index (χ3n) is 2.85. The van der Waals surface area contributed by atoms with Crippen molar-refractivity contribution in [1.82, 2.24) is 3.53 Å². The molecule has 0 bridgehead atoms. The second-order valence-electron chi connectivity index (χ2n) is 4.11. The van der Waals surface area contributed by atoms with E-state index in [0.717, 1.165) is 0 Å². The van der Waals surface area contributed by atoms with Crippen molar-refractivity contribution in [3.8, 4) is 11.5 Å². The Morgan fingerprint density at radius 1 is 1.59 bits per heavy atom. The first-order valence-corrected chi connectivity index (χ1v) is 9.46. The number of alkyl halides is 2. The zero-order chi connectivity index (χ0) is 12.3. The molecule has 7 heteroatoms. The molecule has 2 N–H and O–H groups in total. The molecular weight excluding hydrogens is 447 g/mol. The van der Waals surface area contributed by atoms with Gasteiger partial charge in [-0.05, 0) is 0 Å². The van der Waals surface area contributed by atoms with Crippen LogP contribution >= 0.6 is 42.5 Å². The molecule has 1 radical (unpaired) electrons. The second kappa shape index (κ2) is 3.73. The van der Waals surface area contributed by atoms with Gasteiger partial charge in [-0.15, -0.1) is 0 Å². The Morgan fingerprint density at radius 2 is 2.12 bits per heavy atom. The van der Waals surface area contributed by atoms with Gasteiger partial charge in [-0.2, -0.15) is 0 Å². The van der Waals surface area contributed by atoms with E-state index < -0.39 is 23.3 Å². The van der Waals surface area contributed by atoms with Crippen LogP contribution in [0.25, 0.3) is 0 Å². The minimum absolute atomic E-state index is 0.00544. The molecule has 4 nitrogen and oxygen atoms in total. The Hall–Kier alpha value is -0.0251. The van der Waals surface area contributed by atoms with Crippen LogP contribution in [0.3, 0.4) is 0 Å². The molecule has 3 rings (SSSR count). The van der Waals surface area contributed by atoms with Gasteiger partial charge in [0.2, 0.25) is 0 Å². The summed E-state index contributed by atoms with van der Waals surface area (Å²) in [4.78, 5) is 12.1. The summed E-state index contributed by atoms with van der Waals surface area (Å²) in [5, 5.41) is 11.4. The third kappa shape index (κ3) is 1.86. The minimum atomic E-state index is -1.04. The fourth-order valence-corrected chi connectivity index (χ4v) is 10.0. The Morgan fingerprint density at radius 3 is 2.59 bits per heavy atom. The van der Waals surface area contributed by atoms with E-state index in [1.54, 1.807) is 12.1 Å². The fourth-order valence-electron chi connectivity index (χ4n) is 1.50. The van der Waals surface area contributed by atoms with E-state index in [9.17, 15) is 4.79 Å². The summed E-state index contributed by atoms with van der Waals surface area (Å²) in [7, 11) is 0. The van der Waals surface area contributed by atoms with Gasteiger partial charge in [-0.1, -0.05) is 0 Å². The Labute approximate surface area is 120 Å². The molecule has 2 heterocycles. The van der Waals surface area contributed by atoms with E-state index in [1.165, 1.54) is 12.1 Å². The molecule has 0 spiro atoms. The summed E-state index contributed by atoms with van der Waals surface area (Å²) in [6, 6.07) is 6.18. The zero-order valence-corrected chi connectivity index (χ0v) is 13.2. The van der Waals surface area contributed by atoms with Gasteiger partial charge in [0.25, 0.3) is 0 Å². The number of esters is 1. The molecule has 2 unspecified atom stereocenters. The molecular formula is C10H9BI2NO3. The molecule has 0 saturated carbocycles. The van der Waals surface area contributed by atoms with Crippen molar-refractivity contribution in [3.63, 3.8) is 0 Å². The van der Waals surface area contributed by atoms with E-state index in [1.807, 2.05) is 6.92 Å². The molecule has 2 fully saturated rings. The second-order valence-corrected chi connectivity index (χ2v) is 10.9. The molecule has 89 valence electrons. The number of hydrogen-bond donors (Lipinski definition) is 2. The molecule has 1 aromatic carbocycles. The molecule has 2 aliphatic rings. The van der Waals surface area contributed by atoms with Gasteiger partial charge < -0.3 is 0 Å². The van der Waals surface area contributed by atoms with Gasteiger partial charge >= 0.3 is 121 Å². The number of rotatable bonds is 3. The number of carbonyl (C=O) groups excluding carboxylic acids is 1. The van der Waals surface area contributed by atoms with Gasteiger partial charge in [0.1, 0.15) is 0 Å². The van der Waals surface area contributed by atoms with Crippen LogP contribution in [-0.2, 0) is 4.79 Å². The number of phenolic OH excluding ortho intramolecular Hbond substituents is 1. The summed E-state index contributed by atoms with van der Waals surface area (Å²) in [5.41, 5.74) is 0. The molecule has 1 aromatic rings. The number of fused-ring (bicyclic) bond motifs is 1. The average molecular weight is 456 g/mol. The van der Waals surface area contributed by atoms with Crippen molar-refractivity contribution in [3.05, 3.63) is 24.3 Å². The molecule has 2 atom stereocenters. The maximum atomic E-state index is 12.1. The topological polar surface area (TPSA) is 68.5 Å². The predicted octanol–water partition coefficient (Wildman–Crippen LogP) is 1.80. The van der Waals surface area contributed by atoms with Crippen molar-refractivity contribution in [2.45, 2.75) is 13.8 Å². The first kappa shape index (κ1) is 12.0. The number of aromatic hydroxyl groups is 1. The van der Waals surface area contributed by atoms with Crippen LogP contribution in [0.5, 0.6) is 11.5 Å². The van der Waals surface area contributed by atoms with Crippen LogP contribution < -0.4 is 8.27 Å². The third-order valence-corrected chi connectivity index (χ3v) is 10.4. The van der Waals surface area contributed by atoms with E-state index in [-0.39, 0.29) is 15.2 Å². The van der Waals surface area contributed by atoms with Crippen LogP contribution in [0.2, 0.25) is 0 Å². The SMILES string of the molecule is CC(I)(C(=O)Oc1ccc(O)cc1)C12[B]I1N2. The Bertz CT molecular complexity index is 485. The van der Waals surface area contributed by atoms with Gasteiger partial charge in [0.05, 0.1) is 0 Å². The maximum absolute atomic E-state index is 12.1. The number of benzene rings is 1. The zero-order valence-electron chi connectivity index (χ0n) is 8.91. The number of ether oxygens (including phenoxy) is 1. The molecule has 2 saturated heterocycles.